The lowest BCUT2D eigenvalue weighted by Gasteiger charge is -2.67. The first-order valence-corrected chi connectivity index (χ1v) is 22.5. The number of nitrogens with one attached hydrogen (secondary N) is 1. The number of carbonyl (C=O) groups is 5. The summed E-state index contributed by atoms with van der Waals surface area (Å²) in [6, 6.07) is 14.3. The zero-order valence-corrected chi connectivity index (χ0v) is 39.2. The second kappa shape index (κ2) is 18.9. The van der Waals surface area contributed by atoms with Crippen molar-refractivity contribution in [3.8, 4) is 0 Å². The lowest BCUT2D eigenvalue weighted by Crippen LogP contribution is -2.81. The third kappa shape index (κ3) is 9.32. The molecule has 7 rings (SSSR count). The molecule has 2 aromatic carbocycles. The number of hydrogen-bond donors (Lipinski definition) is 5. The van der Waals surface area contributed by atoms with Gasteiger partial charge in [-0.25, -0.2) is 23.7 Å². The fourth-order valence-corrected chi connectivity index (χ4v) is 10.5. The summed E-state index contributed by atoms with van der Waals surface area (Å²) in [5, 5.41) is 64.3. The molecular weight excluding hydrogens is 905 g/mol. The van der Waals surface area contributed by atoms with Crippen molar-refractivity contribution in [1.29, 1.82) is 0 Å². The Morgan fingerprint density at radius 2 is 1.67 bits per heavy atom. The lowest BCUT2D eigenvalue weighted by atomic mass is 9.44. The third-order valence-electron chi connectivity index (χ3n) is 14.1. The summed E-state index contributed by atoms with van der Waals surface area (Å²) in [7, 11) is 0. The Kier molecular flexibility index (Phi) is 13.9. The van der Waals surface area contributed by atoms with Crippen LogP contribution in [0.25, 0.3) is 0 Å². The van der Waals surface area contributed by atoms with E-state index >= 15 is 4.79 Å². The van der Waals surface area contributed by atoms with Crippen molar-refractivity contribution in [2.75, 3.05) is 13.2 Å². The molecule has 1 saturated heterocycles. The fourth-order valence-electron chi connectivity index (χ4n) is 10.5. The summed E-state index contributed by atoms with van der Waals surface area (Å²) in [5.41, 5.74) is -9.13. The van der Waals surface area contributed by atoms with Gasteiger partial charge in [0.2, 0.25) is 0 Å². The molecule has 10 unspecified atom stereocenters. The zero-order valence-electron chi connectivity index (χ0n) is 39.2. The number of aliphatic hydroxyl groups excluding tert-OH is 2. The Balaban J connectivity index is 1.27. The molecular formula is C48H58N4O17. The minimum atomic E-state index is -2.46. The maximum Gasteiger partial charge on any atom is 0.508 e. The number of nitro groups is 1. The van der Waals surface area contributed by atoms with Gasteiger partial charge in [0.15, 0.2) is 11.9 Å². The van der Waals surface area contributed by atoms with Gasteiger partial charge in [0.05, 0.1) is 42.9 Å². The second-order valence-electron chi connectivity index (χ2n) is 19.7. The molecule has 2 bridgehead atoms. The van der Waals surface area contributed by atoms with Crippen LogP contribution in [0.15, 0.2) is 84.2 Å². The van der Waals surface area contributed by atoms with Crippen LogP contribution < -0.4 is 5.32 Å². The Labute approximate surface area is 396 Å². The van der Waals surface area contributed by atoms with Crippen LogP contribution in [0.5, 0.6) is 0 Å². The normalized spacial score (nSPS) is 30.1. The zero-order chi connectivity index (χ0) is 50.4. The predicted octanol–water partition coefficient (Wildman–Crippen LogP) is 4.04. The fraction of sp³-hybridized carbons (Fsp3) is 0.542. The number of carbonyl (C=O) groups excluding carboxylic acids is 5. The van der Waals surface area contributed by atoms with Crippen LogP contribution in [0.4, 0.5) is 15.5 Å². The van der Waals surface area contributed by atoms with Crippen LogP contribution >= 0.6 is 0 Å². The van der Waals surface area contributed by atoms with Gasteiger partial charge in [-0.05, 0) is 68.4 Å². The Hall–Kier alpha value is -6.26. The number of hydrogen-bond acceptors (Lipinski definition) is 18. The highest BCUT2D eigenvalue weighted by atomic mass is 16.7. The maximum absolute atomic E-state index is 15.4. The Morgan fingerprint density at radius 1 is 1.01 bits per heavy atom. The van der Waals surface area contributed by atoms with Crippen LogP contribution in [0.3, 0.4) is 0 Å². The number of alkyl carbamates (subject to hydrolysis) is 1. The van der Waals surface area contributed by atoms with E-state index < -0.39 is 130 Å². The van der Waals surface area contributed by atoms with Gasteiger partial charge in [-0.15, -0.1) is 0 Å². The van der Waals surface area contributed by atoms with Crippen molar-refractivity contribution in [3.63, 3.8) is 0 Å². The largest absolute Gasteiger partial charge is 0.508 e. The molecule has 4 aliphatic rings. The Morgan fingerprint density at radius 3 is 2.28 bits per heavy atom. The first-order valence-electron chi connectivity index (χ1n) is 22.5. The number of fused-ring (bicyclic) bond motifs is 5. The number of Topliss-reactive ketones (excluding diaryl/α,β-unsaturated/α-hetero) is 1. The SMILES string of the molecule is CC1=C2C(O)C(=O)[C@]3(C)C(OC(=O)OCCCn4ccnc4[N+](=O)[O-])CC4OCC4(O)C3C(OC(=O)c3ccccc3)C(O)(CC1OC(=O)C(O)C(NC(=O)OC(C)(C)C)c1ccccc1)C2(C)C. The van der Waals surface area contributed by atoms with E-state index in [-0.39, 0.29) is 42.7 Å². The summed E-state index contributed by atoms with van der Waals surface area (Å²) in [6.45, 7) is 10.0. The highest BCUT2D eigenvalue weighted by molar-refractivity contribution is 5.94. The summed E-state index contributed by atoms with van der Waals surface area (Å²) in [4.78, 5) is 84.8. The second-order valence-corrected chi connectivity index (χ2v) is 19.7. The van der Waals surface area contributed by atoms with Crippen molar-refractivity contribution in [3.05, 3.63) is 105 Å². The van der Waals surface area contributed by atoms with Gasteiger partial charge < -0.3 is 64.3 Å². The average Bonchev–Trinajstić information content (AvgIpc) is 3.77. The molecule has 5 N–H and O–H groups in total. The van der Waals surface area contributed by atoms with Crippen molar-refractivity contribution in [2.45, 2.75) is 134 Å². The van der Waals surface area contributed by atoms with Gasteiger partial charge in [-0.2, -0.15) is 0 Å². The number of amides is 1. The molecule has 2 saturated carbocycles. The van der Waals surface area contributed by atoms with E-state index in [1.54, 1.807) is 69.3 Å². The molecule has 1 aromatic heterocycles. The summed E-state index contributed by atoms with van der Waals surface area (Å²) in [6.07, 6.45) is -10.9. The highest BCUT2D eigenvalue weighted by Gasteiger charge is 2.77. The van der Waals surface area contributed by atoms with Crippen molar-refractivity contribution >= 4 is 35.9 Å². The van der Waals surface area contributed by atoms with Crippen LogP contribution in [-0.2, 0) is 44.6 Å². The molecule has 11 atom stereocenters. The third-order valence-corrected chi connectivity index (χ3v) is 14.1. The van der Waals surface area contributed by atoms with Gasteiger partial charge in [0.25, 0.3) is 0 Å². The van der Waals surface area contributed by atoms with Crippen LogP contribution in [-0.4, -0.2) is 132 Å². The number of benzene rings is 2. The van der Waals surface area contributed by atoms with Crippen LogP contribution in [0.1, 0.15) is 89.7 Å². The molecule has 2 heterocycles. The molecule has 21 heteroatoms. The van der Waals surface area contributed by atoms with E-state index in [0.29, 0.717) is 5.56 Å². The summed E-state index contributed by atoms with van der Waals surface area (Å²) in [5.74, 6) is -5.41. The lowest BCUT2D eigenvalue weighted by molar-refractivity contribution is -0.396. The number of nitrogens with zero attached hydrogens (tertiary/aromatic N) is 3. The molecule has 1 aliphatic heterocycles. The van der Waals surface area contributed by atoms with Crippen LogP contribution in [0.2, 0.25) is 0 Å². The number of aryl methyl sites for hydroxylation is 1. The van der Waals surface area contributed by atoms with E-state index in [1.807, 2.05) is 0 Å². The minimum Gasteiger partial charge on any atom is -0.456 e. The predicted molar refractivity (Wildman–Crippen MR) is 238 cm³/mol. The maximum atomic E-state index is 15.4. The van der Waals surface area contributed by atoms with E-state index in [4.69, 9.17) is 28.4 Å². The van der Waals surface area contributed by atoms with Gasteiger partial charge in [0, 0.05) is 30.6 Å². The number of ether oxygens (including phenoxy) is 6. The average molecular weight is 963 g/mol. The molecule has 69 heavy (non-hydrogen) atoms. The molecule has 3 aromatic rings. The monoisotopic (exact) mass is 962 g/mol. The van der Waals surface area contributed by atoms with E-state index in [9.17, 15) is 49.7 Å². The highest BCUT2D eigenvalue weighted by Crippen LogP contribution is 2.63. The number of ketones is 1. The molecule has 3 aliphatic carbocycles. The minimum absolute atomic E-state index is 0.0222. The van der Waals surface area contributed by atoms with Gasteiger partial charge in [-0.1, -0.05) is 67.4 Å². The number of esters is 2. The van der Waals surface area contributed by atoms with E-state index in [1.165, 1.54) is 56.8 Å². The number of aliphatic hydroxyl groups is 4. The summed E-state index contributed by atoms with van der Waals surface area (Å²) < 4.78 is 36.1. The quantitative estimate of drug-likeness (QED) is 0.0403. The van der Waals surface area contributed by atoms with Crippen LogP contribution in [0, 0.1) is 26.9 Å². The topological polar surface area (TPSA) is 295 Å². The van der Waals surface area contributed by atoms with Crippen molar-refractivity contribution in [2.24, 2.45) is 16.7 Å². The molecule has 0 spiro atoms. The van der Waals surface area contributed by atoms with Gasteiger partial charge >= 0.3 is 30.1 Å². The van der Waals surface area contributed by atoms with E-state index in [2.05, 4.69) is 10.3 Å². The Bertz CT molecular complexity index is 2490. The van der Waals surface area contributed by atoms with Crippen molar-refractivity contribution in [1.82, 2.24) is 14.9 Å². The standard InChI is InChI=1S/C48H58N4O17/c1-26-29(66-40(57)35(54)33(27-15-10-8-11-16-27)50-42(58)69-44(2,3)4)24-48(61)38(68-39(56)28-17-12-9-13-18-28)36-46(7,37(55)34(53)32(26)45(48,5)6)30(23-31-47(36,60)25-65-31)67-43(59)64-22-14-20-51-21-19-49-41(51)52(62)63/h8-13,15-19,21,29-31,33-36,38,53-54,60-61H,14,20,22-25H2,1-7H3,(H,50,58)/t29?,30?,31?,33?,34?,35?,36?,38?,46-,47?,48?/m1/s1. The first-order chi connectivity index (χ1) is 32.3. The summed E-state index contributed by atoms with van der Waals surface area (Å²) >= 11 is 0. The molecule has 372 valence electrons. The van der Waals surface area contributed by atoms with Gasteiger partial charge in [-0.3, -0.25) is 4.79 Å². The van der Waals surface area contributed by atoms with Crippen molar-refractivity contribution < 1.29 is 77.7 Å². The molecule has 1 amide bonds. The van der Waals surface area contributed by atoms with Gasteiger partial charge in [0.1, 0.15) is 53.6 Å². The molecule has 21 nitrogen and oxygen atoms in total. The smallest absolute Gasteiger partial charge is 0.456 e. The molecule has 0 radical (unpaired) electrons. The van der Waals surface area contributed by atoms with E-state index in [0.717, 1.165) is 0 Å². The number of aromatic nitrogens is 2. The first kappa shape index (κ1) is 50.6. The molecule has 3 fully saturated rings. The number of imidazole rings is 1. The number of rotatable bonds is 13.